The molecule has 29 heavy (non-hydrogen) atoms. The molecule has 7 heteroatoms. The van der Waals surface area contributed by atoms with E-state index in [2.05, 4.69) is 16.0 Å². The van der Waals surface area contributed by atoms with E-state index in [1.54, 1.807) is 6.07 Å². The number of hydrogen-bond acceptors (Lipinski definition) is 3. The topological polar surface area (TPSA) is 56.1 Å². The maximum atomic E-state index is 11.4. The van der Waals surface area contributed by atoms with Crippen molar-refractivity contribution in [3.8, 4) is 0 Å². The fourth-order valence-electron chi connectivity index (χ4n) is 3.31. The predicted molar refractivity (Wildman–Crippen MR) is 118 cm³/mol. The van der Waals surface area contributed by atoms with Gasteiger partial charge in [-0.2, -0.15) is 0 Å². The molecular formula is C22H25Cl2N3O2. The number of methoxy groups -OCH3 is 1. The average molecular weight is 434 g/mol. The number of para-hydroxylation sites is 2. The molecule has 0 spiro atoms. The molecule has 1 aromatic heterocycles. The minimum Gasteiger partial charge on any atom is -0.375 e. The van der Waals surface area contributed by atoms with Crippen molar-refractivity contribution in [1.29, 1.82) is 0 Å². The second-order valence-corrected chi connectivity index (χ2v) is 7.78. The third-order valence-electron chi connectivity index (χ3n) is 4.75. The number of hydrogen-bond donors (Lipinski definition) is 1. The number of aryl methyl sites for hydroxylation is 1. The van der Waals surface area contributed by atoms with E-state index in [-0.39, 0.29) is 12.5 Å². The molecule has 1 amide bonds. The molecule has 0 radical (unpaired) electrons. The van der Waals surface area contributed by atoms with Crippen molar-refractivity contribution in [3.63, 3.8) is 0 Å². The molecule has 1 heterocycles. The van der Waals surface area contributed by atoms with Crippen LogP contribution in [0.1, 0.15) is 30.7 Å². The van der Waals surface area contributed by atoms with E-state index in [9.17, 15) is 4.79 Å². The molecule has 0 saturated heterocycles. The van der Waals surface area contributed by atoms with Crippen LogP contribution in [0.3, 0.4) is 0 Å². The van der Waals surface area contributed by atoms with Gasteiger partial charge in [0.2, 0.25) is 5.91 Å². The first-order valence-corrected chi connectivity index (χ1v) is 10.5. The van der Waals surface area contributed by atoms with Crippen molar-refractivity contribution in [3.05, 3.63) is 63.9 Å². The van der Waals surface area contributed by atoms with E-state index in [0.717, 1.165) is 48.1 Å². The van der Waals surface area contributed by atoms with Gasteiger partial charge in [-0.3, -0.25) is 4.79 Å². The van der Waals surface area contributed by atoms with Gasteiger partial charge in [-0.25, -0.2) is 4.98 Å². The smallest absolute Gasteiger partial charge is 0.245 e. The average Bonchev–Trinajstić information content (AvgIpc) is 3.04. The zero-order chi connectivity index (χ0) is 20.6. The Balaban J connectivity index is 1.65. The van der Waals surface area contributed by atoms with E-state index in [0.29, 0.717) is 23.1 Å². The van der Waals surface area contributed by atoms with E-state index in [1.165, 1.54) is 7.11 Å². The van der Waals surface area contributed by atoms with Gasteiger partial charge in [-0.1, -0.05) is 47.8 Å². The Morgan fingerprint density at radius 2 is 1.97 bits per heavy atom. The Bertz CT molecular complexity index is 972. The van der Waals surface area contributed by atoms with Crippen LogP contribution in [0.15, 0.2) is 42.5 Å². The van der Waals surface area contributed by atoms with Crippen molar-refractivity contribution in [2.75, 3.05) is 20.3 Å². The van der Waals surface area contributed by atoms with Crippen LogP contribution >= 0.6 is 23.2 Å². The van der Waals surface area contributed by atoms with Gasteiger partial charge in [-0.15, -0.1) is 0 Å². The number of aromatic nitrogens is 2. The third kappa shape index (κ3) is 5.95. The number of ether oxygens (including phenoxy) is 1. The van der Waals surface area contributed by atoms with Crippen molar-refractivity contribution in [1.82, 2.24) is 14.9 Å². The number of imidazole rings is 1. The zero-order valence-electron chi connectivity index (χ0n) is 16.5. The first-order valence-electron chi connectivity index (χ1n) is 9.72. The van der Waals surface area contributed by atoms with Gasteiger partial charge in [0, 0.05) is 30.1 Å². The summed E-state index contributed by atoms with van der Waals surface area (Å²) in [5, 5.41) is 4.14. The maximum absolute atomic E-state index is 11.4. The Morgan fingerprint density at radius 1 is 1.14 bits per heavy atom. The summed E-state index contributed by atoms with van der Waals surface area (Å²) < 4.78 is 7.03. The summed E-state index contributed by atoms with van der Waals surface area (Å²) in [6.07, 6.45) is 3.81. The number of nitrogens with one attached hydrogen (secondary N) is 1. The highest BCUT2D eigenvalue weighted by Crippen LogP contribution is 2.25. The van der Waals surface area contributed by atoms with Crippen LogP contribution in [0.2, 0.25) is 10.0 Å². The minimum atomic E-state index is -0.0749. The lowest BCUT2D eigenvalue weighted by molar-refractivity contribution is -0.124. The van der Waals surface area contributed by atoms with E-state index in [4.69, 9.17) is 32.9 Å². The minimum absolute atomic E-state index is 0.0749. The van der Waals surface area contributed by atoms with Gasteiger partial charge < -0.3 is 14.6 Å². The Labute approximate surface area is 181 Å². The summed E-state index contributed by atoms with van der Waals surface area (Å²) >= 11 is 12.4. The number of amides is 1. The first kappa shape index (κ1) is 21.6. The van der Waals surface area contributed by atoms with Crippen molar-refractivity contribution >= 4 is 40.1 Å². The highest BCUT2D eigenvalue weighted by Gasteiger charge is 2.12. The summed E-state index contributed by atoms with van der Waals surface area (Å²) in [5.41, 5.74) is 3.10. The highest BCUT2D eigenvalue weighted by atomic mass is 35.5. The Hall–Kier alpha value is -2.08. The second kappa shape index (κ2) is 10.6. The Morgan fingerprint density at radius 3 is 2.76 bits per heavy atom. The van der Waals surface area contributed by atoms with Crippen LogP contribution in [-0.4, -0.2) is 35.7 Å². The molecule has 1 N–H and O–H groups in total. The molecule has 154 valence electrons. The number of unbranched alkanes of at least 4 members (excludes halogenated alkanes) is 2. The highest BCUT2D eigenvalue weighted by molar-refractivity contribution is 6.35. The molecule has 0 aliphatic carbocycles. The monoisotopic (exact) mass is 433 g/mol. The lowest BCUT2D eigenvalue weighted by Gasteiger charge is -2.11. The summed E-state index contributed by atoms with van der Waals surface area (Å²) in [5.74, 6) is 0.967. The molecule has 0 aliphatic heterocycles. The van der Waals surface area contributed by atoms with Gasteiger partial charge in [0.05, 0.1) is 17.6 Å². The van der Waals surface area contributed by atoms with E-state index in [1.807, 2.05) is 30.3 Å². The van der Waals surface area contributed by atoms with Crippen LogP contribution in [0.4, 0.5) is 0 Å². The summed E-state index contributed by atoms with van der Waals surface area (Å²) in [4.78, 5) is 16.2. The standard InChI is InChI=1S/C22H25Cl2N3O2/c1-29-15-22(28)25-12-6-2-3-9-21-26-19-7-4-5-8-20(19)27(21)14-16-10-11-17(23)13-18(16)24/h4-5,7-8,10-11,13H,2-3,6,9,12,14-15H2,1H3,(H,25,28). The molecule has 3 aromatic rings. The molecule has 0 bridgehead atoms. The van der Waals surface area contributed by atoms with E-state index >= 15 is 0 Å². The molecule has 0 aliphatic rings. The number of carbonyl (C=O) groups is 1. The summed E-state index contributed by atoms with van der Waals surface area (Å²) in [6, 6.07) is 13.7. The van der Waals surface area contributed by atoms with Gasteiger partial charge in [0.15, 0.2) is 0 Å². The number of carbonyl (C=O) groups excluding carboxylic acids is 1. The Kier molecular flexibility index (Phi) is 7.92. The second-order valence-electron chi connectivity index (χ2n) is 6.93. The molecule has 0 fully saturated rings. The van der Waals surface area contributed by atoms with Crippen LogP contribution < -0.4 is 5.32 Å². The molecule has 0 saturated carbocycles. The molecular weight excluding hydrogens is 409 g/mol. The van der Waals surface area contributed by atoms with Crippen LogP contribution in [-0.2, 0) is 22.5 Å². The first-order chi connectivity index (χ1) is 14.1. The van der Waals surface area contributed by atoms with Crippen molar-refractivity contribution in [2.24, 2.45) is 0 Å². The fourth-order valence-corrected chi connectivity index (χ4v) is 3.78. The van der Waals surface area contributed by atoms with Gasteiger partial charge >= 0.3 is 0 Å². The number of fused-ring (bicyclic) bond motifs is 1. The number of benzene rings is 2. The predicted octanol–water partition coefficient (Wildman–Crippen LogP) is 4.87. The van der Waals surface area contributed by atoms with Gasteiger partial charge in [-0.05, 0) is 42.7 Å². The quantitative estimate of drug-likeness (QED) is 0.464. The van der Waals surface area contributed by atoms with Crippen LogP contribution in [0.25, 0.3) is 11.0 Å². The number of nitrogens with zero attached hydrogens (tertiary/aromatic N) is 2. The van der Waals surface area contributed by atoms with Crippen LogP contribution in [0.5, 0.6) is 0 Å². The normalized spacial score (nSPS) is 11.1. The lowest BCUT2D eigenvalue weighted by atomic mass is 10.1. The number of rotatable bonds is 10. The van der Waals surface area contributed by atoms with Crippen molar-refractivity contribution in [2.45, 2.75) is 32.2 Å². The molecule has 2 aromatic carbocycles. The molecule has 3 rings (SSSR count). The summed E-state index contributed by atoms with van der Waals surface area (Å²) in [6.45, 7) is 1.43. The molecule has 0 unspecified atom stereocenters. The third-order valence-corrected chi connectivity index (χ3v) is 5.34. The zero-order valence-corrected chi connectivity index (χ0v) is 18.0. The molecule has 0 atom stereocenters. The fraction of sp³-hybridized carbons (Fsp3) is 0.364. The largest absolute Gasteiger partial charge is 0.375 e. The van der Waals surface area contributed by atoms with Gasteiger partial charge in [0.25, 0.3) is 0 Å². The summed E-state index contributed by atoms with van der Waals surface area (Å²) in [7, 11) is 1.52. The maximum Gasteiger partial charge on any atom is 0.245 e. The lowest BCUT2D eigenvalue weighted by Crippen LogP contribution is -2.27. The van der Waals surface area contributed by atoms with Crippen molar-refractivity contribution < 1.29 is 9.53 Å². The SMILES string of the molecule is COCC(=O)NCCCCCc1nc2ccccc2n1Cc1ccc(Cl)cc1Cl. The molecule has 5 nitrogen and oxygen atoms in total. The van der Waals surface area contributed by atoms with E-state index < -0.39 is 0 Å². The number of halogens is 2. The van der Waals surface area contributed by atoms with Crippen LogP contribution in [0, 0.1) is 0 Å². The van der Waals surface area contributed by atoms with Gasteiger partial charge in [0.1, 0.15) is 12.4 Å².